The van der Waals surface area contributed by atoms with Gasteiger partial charge in [0.2, 0.25) is 0 Å². The van der Waals surface area contributed by atoms with Gasteiger partial charge < -0.3 is 13.1 Å². The van der Waals surface area contributed by atoms with E-state index in [1.165, 1.54) is 55.6 Å². The van der Waals surface area contributed by atoms with E-state index in [1.54, 1.807) is 0 Å². The maximum absolute atomic E-state index is 7.45. The van der Waals surface area contributed by atoms with Crippen molar-refractivity contribution in [1.82, 2.24) is 0 Å². The second-order valence-electron chi connectivity index (χ2n) is 24.7. The number of aryl methyl sites for hydroxylation is 1. The third kappa shape index (κ3) is 11.2. The van der Waals surface area contributed by atoms with E-state index in [4.69, 9.17) is 13.1 Å². The molecule has 61 heavy (non-hydrogen) atoms. The summed E-state index contributed by atoms with van der Waals surface area (Å²) in [6.45, 7) is 54.1. The summed E-state index contributed by atoms with van der Waals surface area (Å²) >= 11 is 1.09. The maximum Gasteiger partial charge on any atom is 0.293 e. The fourth-order valence-electron chi connectivity index (χ4n) is 7.99. The van der Waals surface area contributed by atoms with Crippen molar-refractivity contribution in [2.24, 2.45) is 0 Å². The van der Waals surface area contributed by atoms with Crippen LogP contribution < -0.4 is 13.1 Å². The van der Waals surface area contributed by atoms with E-state index < -0.39 is 0 Å². The summed E-state index contributed by atoms with van der Waals surface area (Å²) in [5.74, 6) is 2.66. The second-order valence-corrected chi connectivity index (χ2v) is 25.2. The predicted molar refractivity (Wildman–Crippen MR) is 267 cm³/mol. The number of ether oxygens (including phenoxy) is 1. The van der Waals surface area contributed by atoms with Gasteiger partial charge in [0.1, 0.15) is 17.6 Å². The van der Waals surface area contributed by atoms with Gasteiger partial charge in [-0.25, -0.2) is 0 Å². The molecule has 0 spiro atoms. The summed E-state index contributed by atoms with van der Waals surface area (Å²) in [5, 5.41) is 0. The van der Waals surface area contributed by atoms with E-state index in [-0.39, 0.29) is 49.9 Å². The number of fused-ring (bicyclic) bond motifs is 7. The molecule has 4 aromatic rings. The number of hydrogen-bond acceptors (Lipinski definition) is 4. The molecule has 4 aromatic carbocycles. The zero-order valence-electron chi connectivity index (χ0n) is 43.1. The Morgan fingerprint density at radius 3 is 1.03 bits per heavy atom. The third-order valence-electron chi connectivity index (χ3n) is 12.1. The Morgan fingerprint density at radius 1 is 0.377 bits per heavy atom. The van der Waals surface area contributed by atoms with Crippen LogP contribution in [0.2, 0.25) is 0 Å². The normalized spacial score (nSPS) is 16.9. The van der Waals surface area contributed by atoms with Crippen molar-refractivity contribution < 1.29 is 13.1 Å². The molecule has 0 aromatic heterocycles. The van der Waals surface area contributed by atoms with Crippen molar-refractivity contribution in [3.63, 3.8) is 0 Å². The summed E-state index contributed by atoms with van der Waals surface area (Å²) in [4.78, 5) is 0. The molecule has 6 rings (SSSR count). The molecule has 0 N–H and O–H groups in total. The van der Waals surface area contributed by atoms with Crippen LogP contribution in [0, 0.1) is 6.92 Å². The van der Waals surface area contributed by atoms with Crippen LogP contribution in [0.1, 0.15) is 232 Å². The van der Waals surface area contributed by atoms with E-state index in [2.05, 4.69) is 213 Å². The molecule has 2 atom stereocenters. The van der Waals surface area contributed by atoms with Crippen LogP contribution in [0.3, 0.4) is 0 Å². The highest BCUT2D eigenvalue weighted by atomic mass is 32.2. The average Bonchev–Trinajstić information content (AvgIpc) is 3.50. The first-order chi connectivity index (χ1) is 27.6. The van der Waals surface area contributed by atoms with Gasteiger partial charge in [-0.3, -0.25) is 0 Å². The third-order valence-corrected chi connectivity index (χ3v) is 12.5. The monoisotopic (exact) mass is 849 g/mol. The zero-order chi connectivity index (χ0) is 46.6. The Morgan fingerprint density at radius 2 is 0.689 bits per heavy atom. The lowest BCUT2D eigenvalue weighted by molar-refractivity contribution is 0.215. The Hall–Kier alpha value is -3.37. The molecule has 336 valence electrons. The Bertz CT molecular complexity index is 2160. The average molecular weight is 849 g/mol. The van der Waals surface area contributed by atoms with Crippen LogP contribution in [0.25, 0.3) is 0 Å². The largest absolute Gasteiger partial charge is 0.484 e. The van der Waals surface area contributed by atoms with Crippen molar-refractivity contribution in [2.75, 3.05) is 0 Å². The van der Waals surface area contributed by atoms with E-state index in [1.807, 2.05) is 13.8 Å². The molecule has 1 unspecified atom stereocenters. The van der Waals surface area contributed by atoms with Gasteiger partial charge in [-0.2, -0.15) is 0 Å². The van der Waals surface area contributed by atoms with Crippen molar-refractivity contribution >= 4 is 12.3 Å². The molecule has 0 amide bonds. The van der Waals surface area contributed by atoms with Gasteiger partial charge in [0.05, 0.1) is 5.92 Å². The lowest BCUT2D eigenvalue weighted by Crippen LogP contribution is -2.22. The van der Waals surface area contributed by atoms with Gasteiger partial charge in [-0.15, -0.1) is 0 Å². The molecule has 0 saturated carbocycles. The van der Waals surface area contributed by atoms with Crippen molar-refractivity contribution in [2.45, 2.75) is 216 Å². The number of hydrogen-bond donors (Lipinski definition) is 0. The fraction of sp³-hybridized carbons (Fsp3) is 0.579. The molecule has 0 radical (unpaired) electrons. The van der Waals surface area contributed by atoms with Crippen molar-refractivity contribution in [1.29, 1.82) is 0 Å². The number of rotatable bonds is 0. The molecule has 4 heteroatoms. The molecular weight excluding hydrogens is 765 g/mol. The minimum atomic E-state index is -0.307. The molecule has 0 bridgehead atoms. The van der Waals surface area contributed by atoms with Crippen LogP contribution in [0.4, 0.5) is 0 Å². The molecule has 2 aliphatic heterocycles. The van der Waals surface area contributed by atoms with Gasteiger partial charge in [-0.1, -0.05) is 219 Å². The van der Waals surface area contributed by atoms with Crippen molar-refractivity contribution in [3.8, 4) is 17.2 Å². The molecule has 0 saturated heterocycles. The highest BCUT2D eigenvalue weighted by Crippen LogP contribution is 2.60. The minimum absolute atomic E-state index is 0.0372. The van der Waals surface area contributed by atoms with Gasteiger partial charge in [-0.05, 0) is 73.1 Å². The zero-order valence-corrected chi connectivity index (χ0v) is 43.9. The SMILES string of the molecule is CC.CC(C)(C)c1cc2c(c(C(C)(C)C)c1)OSOc1c(cc(C(C)(C)C)cc1C(C)(C)C)[C@H]1Oc3c(cc(C(C)(C)C)cc3C(C)(C)C)C21.Cc1ccc(C(C)(C)C)cc1. The van der Waals surface area contributed by atoms with E-state index in [0.717, 1.165) is 35.1 Å². The molecule has 2 aliphatic rings. The van der Waals surface area contributed by atoms with Crippen molar-refractivity contribution in [3.05, 3.63) is 122 Å². The van der Waals surface area contributed by atoms with E-state index in [9.17, 15) is 0 Å². The summed E-state index contributed by atoms with van der Waals surface area (Å²) in [6, 6.07) is 23.0. The molecule has 2 heterocycles. The first-order valence-electron chi connectivity index (χ1n) is 22.9. The molecule has 0 fully saturated rings. The molecular formula is C57H84O3S. The lowest BCUT2D eigenvalue weighted by atomic mass is 9.72. The van der Waals surface area contributed by atoms with Crippen LogP contribution >= 0.6 is 12.3 Å². The Kier molecular flexibility index (Phi) is 14.3. The summed E-state index contributed by atoms with van der Waals surface area (Å²) in [6.07, 6.45) is -0.307. The summed E-state index contributed by atoms with van der Waals surface area (Å²) in [7, 11) is 0. The smallest absolute Gasteiger partial charge is 0.293 e. The second kappa shape index (κ2) is 17.3. The standard InChI is InChI=1S/C44H62O3S.C11H16.C2H6/c1-39(2,3)25-19-28-34-29-20-26(40(4,5)6)23-32(43(13,14)15)36(29)46-48-47-37-30(38(34)45-35(28)31(22-25)42(10,11)12)21-27(41(7,8)9)24-33(37)44(16,17)18;1-9-5-7-10(8-6-9)11(2,3)4;1-2/h19-24,34,38H,1-18H3;5-8H,1-4H3;1-2H3/t34?,38-;;/m1../s1. The van der Waals surface area contributed by atoms with Gasteiger partial charge >= 0.3 is 0 Å². The van der Waals surface area contributed by atoms with Gasteiger partial charge in [0.25, 0.3) is 12.3 Å². The fourth-order valence-corrected chi connectivity index (χ4v) is 8.53. The first-order valence-corrected chi connectivity index (χ1v) is 23.6. The highest BCUT2D eigenvalue weighted by Gasteiger charge is 2.46. The summed E-state index contributed by atoms with van der Waals surface area (Å²) in [5.41, 5.74) is 13.4. The van der Waals surface area contributed by atoms with E-state index >= 15 is 0 Å². The topological polar surface area (TPSA) is 27.7 Å². The Balaban J connectivity index is 0.000000542. The predicted octanol–water partition coefficient (Wildman–Crippen LogP) is 17.4. The lowest BCUT2D eigenvalue weighted by Gasteiger charge is -2.31. The van der Waals surface area contributed by atoms with Gasteiger partial charge in [0.15, 0.2) is 5.75 Å². The summed E-state index contributed by atoms with van der Waals surface area (Å²) < 4.78 is 21.0. The first kappa shape index (κ1) is 50.3. The maximum atomic E-state index is 7.45. The van der Waals surface area contributed by atoms with Crippen LogP contribution in [-0.4, -0.2) is 0 Å². The molecule has 0 aliphatic carbocycles. The van der Waals surface area contributed by atoms with Gasteiger partial charge in [0, 0.05) is 33.4 Å². The highest BCUT2D eigenvalue weighted by molar-refractivity contribution is 7.90. The van der Waals surface area contributed by atoms with Crippen LogP contribution in [-0.2, 0) is 37.9 Å². The number of benzene rings is 4. The van der Waals surface area contributed by atoms with Crippen LogP contribution in [0.15, 0.2) is 60.7 Å². The molecule has 3 nitrogen and oxygen atoms in total. The van der Waals surface area contributed by atoms with E-state index in [0.29, 0.717) is 0 Å². The Labute approximate surface area is 379 Å². The minimum Gasteiger partial charge on any atom is -0.484 e. The van der Waals surface area contributed by atoms with Crippen LogP contribution in [0.5, 0.6) is 17.2 Å². The quantitative estimate of drug-likeness (QED) is 0.165.